The van der Waals surface area contributed by atoms with Crippen LogP contribution in [0.25, 0.3) is 0 Å². The molecule has 0 amide bonds. The van der Waals surface area contributed by atoms with Crippen molar-refractivity contribution in [2.24, 2.45) is 5.92 Å². The Morgan fingerprint density at radius 3 is 2.83 bits per heavy atom. The molecule has 3 nitrogen and oxygen atoms in total. The van der Waals surface area contributed by atoms with Crippen LogP contribution < -0.4 is 10.1 Å². The van der Waals surface area contributed by atoms with Crippen molar-refractivity contribution in [2.75, 3.05) is 20.2 Å². The molecular formula is C14H18BrNO2. The zero-order valence-corrected chi connectivity index (χ0v) is 12.1. The van der Waals surface area contributed by atoms with Gasteiger partial charge in [-0.05, 0) is 50.0 Å². The van der Waals surface area contributed by atoms with Gasteiger partial charge >= 0.3 is 0 Å². The van der Waals surface area contributed by atoms with E-state index >= 15 is 0 Å². The van der Waals surface area contributed by atoms with Crippen LogP contribution in [-0.2, 0) is 0 Å². The van der Waals surface area contributed by atoms with Gasteiger partial charge in [-0.2, -0.15) is 0 Å². The van der Waals surface area contributed by atoms with Crippen LogP contribution in [0.5, 0.6) is 5.75 Å². The highest BCUT2D eigenvalue weighted by Gasteiger charge is 2.20. The van der Waals surface area contributed by atoms with Crippen molar-refractivity contribution in [3.8, 4) is 5.75 Å². The number of rotatable bonds is 4. The summed E-state index contributed by atoms with van der Waals surface area (Å²) in [7, 11) is 1.60. The van der Waals surface area contributed by atoms with Gasteiger partial charge in [0.05, 0.1) is 12.7 Å². The van der Waals surface area contributed by atoms with Crippen LogP contribution in [0, 0.1) is 5.92 Å². The van der Waals surface area contributed by atoms with Gasteiger partial charge in [-0.3, -0.25) is 4.79 Å². The molecule has 1 heterocycles. The molecule has 4 heteroatoms. The fourth-order valence-electron chi connectivity index (χ4n) is 2.36. The SMILES string of the molecule is COc1ccc(Br)cc1C(=O)CC1CCNCC1. The highest BCUT2D eigenvalue weighted by Crippen LogP contribution is 2.27. The van der Waals surface area contributed by atoms with Gasteiger partial charge < -0.3 is 10.1 Å². The fraction of sp³-hybridized carbons (Fsp3) is 0.500. The van der Waals surface area contributed by atoms with E-state index in [4.69, 9.17) is 4.74 Å². The second-order valence-electron chi connectivity index (χ2n) is 4.67. The molecule has 1 N–H and O–H groups in total. The topological polar surface area (TPSA) is 38.3 Å². The summed E-state index contributed by atoms with van der Waals surface area (Å²) in [6.07, 6.45) is 2.79. The lowest BCUT2D eigenvalue weighted by Gasteiger charge is -2.22. The number of carbonyl (C=O) groups excluding carboxylic acids is 1. The minimum absolute atomic E-state index is 0.181. The number of hydrogen-bond donors (Lipinski definition) is 1. The molecule has 18 heavy (non-hydrogen) atoms. The Bertz CT molecular complexity index is 428. The van der Waals surface area contributed by atoms with Crippen molar-refractivity contribution in [1.29, 1.82) is 0 Å². The molecule has 0 aromatic heterocycles. The van der Waals surface area contributed by atoms with Crippen LogP contribution in [0.2, 0.25) is 0 Å². The fourth-order valence-corrected chi connectivity index (χ4v) is 2.72. The predicted molar refractivity (Wildman–Crippen MR) is 75.2 cm³/mol. The first-order valence-electron chi connectivity index (χ1n) is 6.28. The molecule has 98 valence electrons. The number of Topliss-reactive ketones (excluding diaryl/α,β-unsaturated/α-hetero) is 1. The molecule has 0 aliphatic carbocycles. The second-order valence-corrected chi connectivity index (χ2v) is 5.58. The van der Waals surface area contributed by atoms with E-state index in [9.17, 15) is 4.79 Å². The molecule has 0 unspecified atom stereocenters. The quantitative estimate of drug-likeness (QED) is 0.869. The molecule has 1 aliphatic heterocycles. The van der Waals surface area contributed by atoms with Crippen LogP contribution in [0.4, 0.5) is 0 Å². The van der Waals surface area contributed by atoms with E-state index in [2.05, 4.69) is 21.2 Å². The molecule has 1 aromatic rings. The number of ether oxygens (including phenoxy) is 1. The molecular weight excluding hydrogens is 294 g/mol. The van der Waals surface area contributed by atoms with Crippen molar-refractivity contribution in [3.63, 3.8) is 0 Å². The summed E-state index contributed by atoms with van der Waals surface area (Å²) < 4.78 is 6.17. The van der Waals surface area contributed by atoms with Crippen molar-refractivity contribution in [1.82, 2.24) is 5.32 Å². The van der Waals surface area contributed by atoms with Gasteiger partial charge in [0.1, 0.15) is 5.75 Å². The normalized spacial score (nSPS) is 16.6. The highest BCUT2D eigenvalue weighted by atomic mass is 79.9. The number of ketones is 1. The summed E-state index contributed by atoms with van der Waals surface area (Å²) in [5, 5.41) is 3.32. The lowest BCUT2D eigenvalue weighted by atomic mass is 9.90. The number of nitrogens with one attached hydrogen (secondary N) is 1. The Morgan fingerprint density at radius 2 is 2.17 bits per heavy atom. The first kappa shape index (κ1) is 13.6. The number of methoxy groups -OCH3 is 1. The lowest BCUT2D eigenvalue weighted by Crippen LogP contribution is -2.29. The van der Waals surface area contributed by atoms with E-state index in [-0.39, 0.29) is 5.78 Å². The van der Waals surface area contributed by atoms with Crippen LogP contribution in [0.1, 0.15) is 29.6 Å². The van der Waals surface area contributed by atoms with Crippen LogP contribution in [0.15, 0.2) is 22.7 Å². The third-order valence-electron chi connectivity index (χ3n) is 3.39. The van der Waals surface area contributed by atoms with Crippen molar-refractivity contribution in [3.05, 3.63) is 28.2 Å². The number of benzene rings is 1. The Labute approximate surface area is 116 Å². The van der Waals surface area contributed by atoms with Crippen LogP contribution in [0.3, 0.4) is 0 Å². The minimum Gasteiger partial charge on any atom is -0.496 e. The zero-order valence-electron chi connectivity index (χ0n) is 10.5. The lowest BCUT2D eigenvalue weighted by molar-refractivity contribution is 0.0949. The van der Waals surface area contributed by atoms with E-state index in [0.717, 1.165) is 30.4 Å². The van der Waals surface area contributed by atoms with Crippen molar-refractivity contribution in [2.45, 2.75) is 19.3 Å². The smallest absolute Gasteiger partial charge is 0.166 e. The minimum atomic E-state index is 0.181. The van der Waals surface area contributed by atoms with E-state index in [1.807, 2.05) is 18.2 Å². The Kier molecular flexibility index (Phi) is 4.78. The second kappa shape index (κ2) is 6.34. The molecule has 1 aromatic carbocycles. The van der Waals surface area contributed by atoms with Crippen molar-refractivity contribution < 1.29 is 9.53 Å². The summed E-state index contributed by atoms with van der Waals surface area (Å²) in [6, 6.07) is 5.57. The third kappa shape index (κ3) is 3.33. The van der Waals surface area contributed by atoms with Crippen molar-refractivity contribution >= 4 is 21.7 Å². The van der Waals surface area contributed by atoms with Gasteiger partial charge in [-0.25, -0.2) is 0 Å². The summed E-state index contributed by atoms with van der Waals surface area (Å²) in [6.45, 7) is 2.04. The Morgan fingerprint density at radius 1 is 1.44 bits per heavy atom. The zero-order chi connectivity index (χ0) is 13.0. The largest absolute Gasteiger partial charge is 0.496 e. The van der Waals surface area contributed by atoms with E-state index < -0.39 is 0 Å². The molecule has 0 spiro atoms. The van der Waals surface area contributed by atoms with Crippen LogP contribution in [-0.4, -0.2) is 26.0 Å². The Balaban J connectivity index is 2.09. The average Bonchev–Trinajstić information content (AvgIpc) is 2.40. The molecule has 0 radical (unpaired) electrons. The number of hydrogen-bond acceptors (Lipinski definition) is 3. The van der Waals surface area contributed by atoms with E-state index in [1.54, 1.807) is 7.11 Å². The molecule has 1 aliphatic rings. The first-order chi connectivity index (χ1) is 8.70. The maximum absolute atomic E-state index is 12.3. The molecule has 0 bridgehead atoms. The van der Waals surface area contributed by atoms with E-state index in [1.165, 1.54) is 0 Å². The molecule has 0 saturated carbocycles. The summed E-state index contributed by atoms with van der Waals surface area (Å²) in [5.41, 5.74) is 0.686. The number of piperidine rings is 1. The standard InChI is InChI=1S/C14H18BrNO2/c1-18-14-3-2-11(15)9-12(14)13(17)8-10-4-6-16-7-5-10/h2-3,9-10,16H,4-8H2,1H3. The van der Waals surface area contributed by atoms with Gasteiger partial charge in [0.25, 0.3) is 0 Å². The maximum Gasteiger partial charge on any atom is 0.166 e. The highest BCUT2D eigenvalue weighted by molar-refractivity contribution is 9.10. The Hall–Kier alpha value is -0.870. The summed E-state index contributed by atoms with van der Waals surface area (Å²) >= 11 is 3.40. The third-order valence-corrected chi connectivity index (χ3v) is 3.89. The van der Waals surface area contributed by atoms with E-state index in [0.29, 0.717) is 23.7 Å². The predicted octanol–water partition coefficient (Wildman–Crippen LogP) is 3.03. The molecule has 2 rings (SSSR count). The maximum atomic E-state index is 12.3. The van der Waals surface area contributed by atoms with Gasteiger partial charge in [0, 0.05) is 10.9 Å². The summed E-state index contributed by atoms with van der Waals surface area (Å²) in [4.78, 5) is 12.3. The first-order valence-corrected chi connectivity index (χ1v) is 7.07. The van der Waals surface area contributed by atoms with Gasteiger partial charge in [0.15, 0.2) is 5.78 Å². The molecule has 1 saturated heterocycles. The molecule has 1 fully saturated rings. The van der Waals surface area contributed by atoms with Gasteiger partial charge in [0.2, 0.25) is 0 Å². The monoisotopic (exact) mass is 311 g/mol. The average molecular weight is 312 g/mol. The van der Waals surface area contributed by atoms with Gasteiger partial charge in [-0.15, -0.1) is 0 Å². The van der Waals surface area contributed by atoms with Crippen LogP contribution >= 0.6 is 15.9 Å². The van der Waals surface area contributed by atoms with Gasteiger partial charge in [-0.1, -0.05) is 15.9 Å². The molecule has 0 atom stereocenters. The summed E-state index contributed by atoms with van der Waals surface area (Å²) in [5.74, 6) is 1.35. The number of carbonyl (C=O) groups is 1. The number of halogens is 1.